The highest BCUT2D eigenvalue weighted by atomic mass is 16.6. The third-order valence-electron chi connectivity index (χ3n) is 8.20. The highest BCUT2D eigenvalue weighted by molar-refractivity contribution is 5.95. The van der Waals surface area contributed by atoms with Gasteiger partial charge in [0, 0.05) is 11.8 Å². The maximum Gasteiger partial charge on any atom is 0.320 e. The van der Waals surface area contributed by atoms with Crippen molar-refractivity contribution in [3.05, 3.63) is 28.8 Å². The molecule has 3 aliphatic rings. The van der Waals surface area contributed by atoms with Crippen molar-refractivity contribution in [1.29, 1.82) is 0 Å². The average Bonchev–Trinajstić information content (AvgIpc) is 3.07. The Morgan fingerprint density at radius 1 is 1.09 bits per heavy atom. The smallest absolute Gasteiger partial charge is 0.320 e. The van der Waals surface area contributed by atoms with Crippen LogP contribution >= 0.6 is 0 Å². The zero-order chi connectivity index (χ0) is 23.0. The zero-order valence-electron chi connectivity index (χ0n) is 19.3. The van der Waals surface area contributed by atoms with Crippen LogP contribution in [0.5, 0.6) is 5.75 Å². The van der Waals surface area contributed by atoms with Crippen molar-refractivity contribution in [2.24, 2.45) is 23.2 Å². The number of phenols is 1. The molecule has 6 heteroatoms. The van der Waals surface area contributed by atoms with Gasteiger partial charge in [0.15, 0.2) is 5.92 Å². The zero-order valence-corrected chi connectivity index (χ0v) is 19.3. The lowest BCUT2D eigenvalue weighted by Gasteiger charge is -2.48. The number of aryl methyl sites for hydroxylation is 1. The van der Waals surface area contributed by atoms with Gasteiger partial charge in [0.25, 0.3) is 0 Å². The van der Waals surface area contributed by atoms with Crippen LogP contribution in [0.1, 0.15) is 75.5 Å². The molecular weight excluding hydrogens is 408 g/mol. The number of rotatable bonds is 6. The number of fused-ring (bicyclic) bond motifs is 5. The Morgan fingerprint density at radius 2 is 1.78 bits per heavy atom. The number of ether oxygens (including phenoxy) is 2. The van der Waals surface area contributed by atoms with Crippen LogP contribution in [0.15, 0.2) is 12.1 Å². The van der Waals surface area contributed by atoms with Crippen LogP contribution < -0.4 is 0 Å². The van der Waals surface area contributed by atoms with E-state index in [1.807, 2.05) is 12.1 Å². The first kappa shape index (κ1) is 22.8. The fraction of sp³-hybridized carbons (Fsp3) is 0.654. The molecule has 3 aliphatic carbocycles. The number of benzene rings is 1. The number of phenolic OH excluding ortho intramolecular Hbond substituents is 1. The third kappa shape index (κ3) is 3.82. The van der Waals surface area contributed by atoms with Gasteiger partial charge in [0.05, 0.1) is 13.2 Å². The van der Waals surface area contributed by atoms with Crippen molar-refractivity contribution in [3.8, 4) is 5.75 Å². The highest BCUT2D eigenvalue weighted by Gasteiger charge is 2.54. The van der Waals surface area contributed by atoms with E-state index < -0.39 is 17.9 Å². The Kier molecular flexibility index (Phi) is 6.33. The van der Waals surface area contributed by atoms with E-state index in [4.69, 9.17) is 9.47 Å². The van der Waals surface area contributed by atoms with Crippen LogP contribution in [-0.2, 0) is 36.7 Å². The van der Waals surface area contributed by atoms with Gasteiger partial charge in [0.2, 0.25) is 0 Å². The van der Waals surface area contributed by atoms with Crippen molar-refractivity contribution < 1.29 is 29.0 Å². The molecule has 0 aromatic heterocycles. The second-order valence-electron chi connectivity index (χ2n) is 9.77. The van der Waals surface area contributed by atoms with Gasteiger partial charge in [-0.25, -0.2) is 0 Å². The molecule has 0 heterocycles. The summed E-state index contributed by atoms with van der Waals surface area (Å²) in [5.74, 6) is -0.576. The fourth-order valence-electron chi connectivity index (χ4n) is 6.56. The first-order valence-corrected chi connectivity index (χ1v) is 12.0. The van der Waals surface area contributed by atoms with E-state index in [1.54, 1.807) is 13.8 Å². The van der Waals surface area contributed by atoms with Gasteiger partial charge in [-0.05, 0) is 92.9 Å². The van der Waals surface area contributed by atoms with E-state index in [0.717, 1.165) is 37.7 Å². The Labute approximate surface area is 189 Å². The average molecular weight is 443 g/mol. The van der Waals surface area contributed by atoms with E-state index in [0.29, 0.717) is 35.5 Å². The van der Waals surface area contributed by atoms with Crippen LogP contribution in [0, 0.1) is 23.2 Å². The number of hydrogen-bond acceptors (Lipinski definition) is 6. The minimum atomic E-state index is -1.10. The van der Waals surface area contributed by atoms with Crippen molar-refractivity contribution in [1.82, 2.24) is 0 Å². The summed E-state index contributed by atoms with van der Waals surface area (Å²) in [4.78, 5) is 37.5. The van der Waals surface area contributed by atoms with Gasteiger partial charge in [-0.1, -0.05) is 13.0 Å². The third-order valence-corrected chi connectivity index (χ3v) is 8.20. The summed E-state index contributed by atoms with van der Waals surface area (Å²) in [5, 5.41) is 10.7. The molecule has 174 valence electrons. The van der Waals surface area contributed by atoms with Crippen LogP contribution in [-0.4, -0.2) is 36.0 Å². The molecule has 2 saturated carbocycles. The quantitative estimate of drug-likeness (QED) is 0.527. The predicted octanol–water partition coefficient (Wildman–Crippen LogP) is 4.10. The predicted molar refractivity (Wildman–Crippen MR) is 118 cm³/mol. The molecule has 0 bridgehead atoms. The lowest BCUT2D eigenvalue weighted by Crippen LogP contribution is -2.42. The minimum Gasteiger partial charge on any atom is -0.508 e. The maximum atomic E-state index is 12.6. The Balaban J connectivity index is 1.63. The molecule has 4 atom stereocenters. The largest absolute Gasteiger partial charge is 0.508 e. The van der Waals surface area contributed by atoms with Gasteiger partial charge in [0.1, 0.15) is 11.5 Å². The van der Waals surface area contributed by atoms with E-state index in [1.165, 1.54) is 5.56 Å². The summed E-state index contributed by atoms with van der Waals surface area (Å²) in [5.41, 5.74) is 2.75. The monoisotopic (exact) mass is 442 g/mol. The molecule has 6 nitrogen and oxygen atoms in total. The topological polar surface area (TPSA) is 89.9 Å². The van der Waals surface area contributed by atoms with E-state index in [-0.39, 0.29) is 30.8 Å². The molecule has 0 spiro atoms. The van der Waals surface area contributed by atoms with Crippen LogP contribution in [0.25, 0.3) is 0 Å². The van der Waals surface area contributed by atoms with Gasteiger partial charge in [-0.2, -0.15) is 0 Å². The fourth-order valence-corrected chi connectivity index (χ4v) is 6.56. The lowest BCUT2D eigenvalue weighted by atomic mass is 9.55. The van der Waals surface area contributed by atoms with Gasteiger partial charge in [-0.3, -0.25) is 14.4 Å². The number of aromatic hydroxyl groups is 1. The molecule has 1 N–H and O–H groups in total. The Morgan fingerprint density at radius 3 is 2.44 bits per heavy atom. The summed E-state index contributed by atoms with van der Waals surface area (Å²) in [6.07, 6.45) is 5.50. The second kappa shape index (κ2) is 8.87. The number of esters is 2. The molecule has 2 fully saturated rings. The van der Waals surface area contributed by atoms with Gasteiger partial charge in [-0.15, -0.1) is 0 Å². The van der Waals surface area contributed by atoms with Gasteiger partial charge >= 0.3 is 11.9 Å². The number of carbonyl (C=O) groups excluding carboxylic acids is 3. The molecule has 0 radical (unpaired) electrons. The summed E-state index contributed by atoms with van der Waals surface area (Å²) >= 11 is 0. The number of carbonyl (C=O) groups is 3. The standard InChI is InChI=1S/C26H34O6/c1-4-31-24(29)20(25(30)32-5-2)13-16-12-19-15(14-22(16)27)6-7-18-17(19)10-11-26(3)21(18)8-9-23(26)28/h12,14,17-18,20-21,27H,4-11,13H2,1-3H3/t17-,18+,21-,26-/m0/s1. The SMILES string of the molecule is CCOC(=O)C(Cc1cc2c(cc1O)CC[C@@H]1[C@@H]2CC[C@]2(C)C(=O)CC[C@@H]12)C(=O)OCC. The molecular formula is C26H34O6. The molecule has 1 aromatic carbocycles. The van der Waals surface area contributed by atoms with Crippen LogP contribution in [0.4, 0.5) is 0 Å². The number of ketones is 1. The van der Waals surface area contributed by atoms with Crippen molar-refractivity contribution in [3.63, 3.8) is 0 Å². The molecule has 1 aromatic rings. The van der Waals surface area contributed by atoms with Crippen molar-refractivity contribution in [2.45, 2.75) is 71.6 Å². The number of Topliss-reactive ketones (excluding diaryl/α,β-unsaturated/α-hetero) is 1. The molecule has 0 amide bonds. The molecule has 4 rings (SSSR count). The molecule has 32 heavy (non-hydrogen) atoms. The van der Waals surface area contributed by atoms with E-state index in [2.05, 4.69) is 6.92 Å². The van der Waals surface area contributed by atoms with Crippen molar-refractivity contribution >= 4 is 17.7 Å². The number of hydrogen-bond donors (Lipinski definition) is 1. The maximum absolute atomic E-state index is 12.6. The van der Waals surface area contributed by atoms with E-state index in [9.17, 15) is 19.5 Å². The molecule has 0 aliphatic heterocycles. The normalized spacial score (nSPS) is 28.6. The second-order valence-corrected chi connectivity index (χ2v) is 9.77. The van der Waals surface area contributed by atoms with Crippen molar-refractivity contribution in [2.75, 3.05) is 13.2 Å². The Bertz CT molecular complexity index is 903. The lowest BCUT2D eigenvalue weighted by molar-refractivity contribution is -0.161. The minimum absolute atomic E-state index is 0.0494. The van der Waals surface area contributed by atoms with Gasteiger partial charge < -0.3 is 14.6 Å². The molecule has 0 saturated heterocycles. The van der Waals surface area contributed by atoms with Crippen LogP contribution in [0.3, 0.4) is 0 Å². The summed E-state index contributed by atoms with van der Waals surface area (Å²) in [6, 6.07) is 3.80. The first-order valence-electron chi connectivity index (χ1n) is 12.0. The van der Waals surface area contributed by atoms with E-state index >= 15 is 0 Å². The summed E-state index contributed by atoms with van der Waals surface area (Å²) in [6.45, 7) is 5.90. The summed E-state index contributed by atoms with van der Waals surface area (Å²) < 4.78 is 10.2. The van der Waals surface area contributed by atoms with Crippen LogP contribution in [0.2, 0.25) is 0 Å². The Hall–Kier alpha value is -2.37. The highest BCUT2D eigenvalue weighted by Crippen LogP contribution is 2.59. The summed E-state index contributed by atoms with van der Waals surface area (Å²) in [7, 11) is 0. The first-order chi connectivity index (χ1) is 15.3. The molecule has 0 unspecified atom stereocenters.